The second-order valence-corrected chi connectivity index (χ2v) is 16.7. The Morgan fingerprint density at radius 1 is 0.344 bits per heavy atom. The van der Waals surface area contributed by atoms with Gasteiger partial charge in [0, 0.05) is 43.2 Å². The predicted octanol–water partition coefficient (Wildman–Crippen LogP) is 17.2. The van der Waals surface area contributed by atoms with Crippen LogP contribution in [-0.2, 0) is 0 Å². The lowest BCUT2D eigenvalue weighted by atomic mass is 9.95. The molecule has 0 unspecified atom stereocenters. The third kappa shape index (κ3) is 6.18. The van der Waals surface area contributed by atoms with Gasteiger partial charge in [-0.3, -0.25) is 0 Å². The molecule has 3 heteroatoms. The number of furan rings is 1. The average molecular weight is 796 g/mol. The largest absolute Gasteiger partial charge is 0.455 e. The van der Waals surface area contributed by atoms with Crippen molar-refractivity contribution in [2.24, 2.45) is 0 Å². The standard InChI is InChI=1S/C58H37NOS/c1-2-12-41-36-46(26-25-38(41)11-1)45-16-8-15-44(37-45)43-14-7-13-42(35-43)39-27-31-47(32-28-39)59(54-22-10-21-53-51-18-4-6-24-56(51)61-58(53)54)48-33-29-40(30-34-48)49-19-9-20-52-50-17-3-5-23-55(50)60-57(49)52/h1-37H. The second kappa shape index (κ2) is 14.5. The van der Waals surface area contributed by atoms with Gasteiger partial charge in [0.25, 0.3) is 0 Å². The fourth-order valence-electron chi connectivity index (χ4n) is 9.03. The fourth-order valence-corrected chi connectivity index (χ4v) is 10.2. The zero-order valence-corrected chi connectivity index (χ0v) is 33.9. The summed E-state index contributed by atoms with van der Waals surface area (Å²) in [6.07, 6.45) is 0. The summed E-state index contributed by atoms with van der Waals surface area (Å²) in [5.41, 5.74) is 14.6. The van der Waals surface area contributed by atoms with Crippen LogP contribution in [0.2, 0.25) is 0 Å². The van der Waals surface area contributed by atoms with Crippen LogP contribution in [0.25, 0.3) is 97.4 Å². The van der Waals surface area contributed by atoms with E-state index < -0.39 is 0 Å². The van der Waals surface area contributed by atoms with E-state index in [1.54, 1.807) is 0 Å². The van der Waals surface area contributed by atoms with Crippen LogP contribution in [0.3, 0.4) is 0 Å². The number of nitrogens with zero attached hydrogens (tertiary/aromatic N) is 1. The lowest BCUT2D eigenvalue weighted by Gasteiger charge is -2.26. The number of rotatable bonds is 7. The number of fused-ring (bicyclic) bond motifs is 7. The summed E-state index contributed by atoms with van der Waals surface area (Å²) in [6.45, 7) is 0. The lowest BCUT2D eigenvalue weighted by Crippen LogP contribution is -2.10. The molecule has 12 aromatic rings. The van der Waals surface area contributed by atoms with Crippen molar-refractivity contribution >= 4 is 81.3 Å². The normalized spacial score (nSPS) is 11.6. The molecule has 0 radical (unpaired) electrons. The highest BCUT2D eigenvalue weighted by atomic mass is 32.1. The van der Waals surface area contributed by atoms with Gasteiger partial charge in [-0.05, 0) is 110 Å². The van der Waals surface area contributed by atoms with Crippen molar-refractivity contribution < 1.29 is 4.42 Å². The second-order valence-electron chi connectivity index (χ2n) is 15.7. The predicted molar refractivity (Wildman–Crippen MR) is 261 cm³/mol. The Balaban J connectivity index is 0.919. The van der Waals surface area contributed by atoms with Gasteiger partial charge in [0.2, 0.25) is 0 Å². The molecule has 2 nitrogen and oxygen atoms in total. The first-order valence-electron chi connectivity index (χ1n) is 20.7. The minimum atomic E-state index is 0.908. The van der Waals surface area contributed by atoms with Gasteiger partial charge in [-0.1, -0.05) is 164 Å². The number of thiophene rings is 1. The molecule has 0 bridgehead atoms. The average Bonchev–Trinajstić information content (AvgIpc) is 3.91. The maximum atomic E-state index is 6.44. The van der Waals surface area contributed by atoms with Crippen molar-refractivity contribution in [1.29, 1.82) is 0 Å². The van der Waals surface area contributed by atoms with Crippen molar-refractivity contribution in [3.63, 3.8) is 0 Å². The molecule has 0 fully saturated rings. The maximum Gasteiger partial charge on any atom is 0.143 e. The molecule has 0 saturated carbocycles. The van der Waals surface area contributed by atoms with Crippen LogP contribution in [0.4, 0.5) is 17.1 Å². The smallest absolute Gasteiger partial charge is 0.143 e. The Morgan fingerprint density at radius 3 is 1.64 bits per heavy atom. The van der Waals surface area contributed by atoms with Gasteiger partial charge in [0.15, 0.2) is 0 Å². The van der Waals surface area contributed by atoms with E-state index in [0.717, 1.165) is 50.1 Å². The molecule has 0 amide bonds. The zero-order chi connectivity index (χ0) is 40.3. The fraction of sp³-hybridized carbons (Fsp3) is 0. The zero-order valence-electron chi connectivity index (χ0n) is 33.1. The van der Waals surface area contributed by atoms with Crippen LogP contribution >= 0.6 is 11.3 Å². The lowest BCUT2D eigenvalue weighted by molar-refractivity contribution is 0.670. The number of hydrogen-bond donors (Lipinski definition) is 0. The SMILES string of the molecule is c1cc(-c2ccc(N(c3ccc(-c4cccc5c4oc4ccccc45)cc3)c3cccc4c3sc3ccccc34)cc2)cc(-c2cccc(-c3ccc4ccccc4c3)c2)c1. The van der Waals surface area contributed by atoms with Crippen LogP contribution in [0.1, 0.15) is 0 Å². The quantitative estimate of drug-likeness (QED) is 0.160. The molecule has 0 aliphatic carbocycles. The summed E-state index contributed by atoms with van der Waals surface area (Å²) < 4.78 is 8.99. The number of para-hydroxylation sites is 2. The highest BCUT2D eigenvalue weighted by Crippen LogP contribution is 2.46. The molecule has 0 aliphatic rings. The molecule has 0 atom stereocenters. The molecule has 0 N–H and O–H groups in total. The Labute approximate surface area is 357 Å². The Kier molecular flexibility index (Phi) is 8.39. The van der Waals surface area contributed by atoms with E-state index in [1.165, 1.54) is 64.3 Å². The Morgan fingerprint density at radius 2 is 0.885 bits per heavy atom. The number of anilines is 3. The summed E-state index contributed by atoms with van der Waals surface area (Å²) >= 11 is 1.85. The molecular weight excluding hydrogens is 759 g/mol. The Hall–Kier alpha value is -7.72. The Bertz CT molecular complexity index is 3590. The monoisotopic (exact) mass is 795 g/mol. The van der Waals surface area contributed by atoms with E-state index in [4.69, 9.17) is 4.42 Å². The van der Waals surface area contributed by atoms with E-state index in [2.05, 4.69) is 217 Å². The van der Waals surface area contributed by atoms with Crippen LogP contribution < -0.4 is 4.90 Å². The van der Waals surface area contributed by atoms with Gasteiger partial charge in [-0.15, -0.1) is 11.3 Å². The van der Waals surface area contributed by atoms with Crippen LogP contribution in [0.5, 0.6) is 0 Å². The minimum Gasteiger partial charge on any atom is -0.455 e. The van der Waals surface area contributed by atoms with Crippen molar-refractivity contribution in [3.05, 3.63) is 224 Å². The van der Waals surface area contributed by atoms with E-state index in [0.29, 0.717) is 0 Å². The van der Waals surface area contributed by atoms with E-state index in [9.17, 15) is 0 Å². The summed E-state index contributed by atoms with van der Waals surface area (Å²) in [5, 5.41) is 7.34. The first kappa shape index (κ1) is 35.2. The number of benzene rings is 10. The van der Waals surface area contributed by atoms with Gasteiger partial charge >= 0.3 is 0 Å². The molecule has 0 saturated heterocycles. The molecule has 0 aliphatic heterocycles. The van der Waals surface area contributed by atoms with Gasteiger partial charge < -0.3 is 9.32 Å². The molecule has 2 aromatic heterocycles. The third-order valence-corrected chi connectivity index (χ3v) is 13.3. The maximum absolute atomic E-state index is 6.44. The van der Waals surface area contributed by atoms with E-state index in [-0.39, 0.29) is 0 Å². The van der Waals surface area contributed by atoms with Gasteiger partial charge in [0.1, 0.15) is 11.2 Å². The minimum absolute atomic E-state index is 0.908. The van der Waals surface area contributed by atoms with Gasteiger partial charge in [0.05, 0.1) is 10.4 Å². The van der Waals surface area contributed by atoms with E-state index >= 15 is 0 Å². The summed E-state index contributed by atoms with van der Waals surface area (Å²) in [5.74, 6) is 0. The highest BCUT2D eigenvalue weighted by molar-refractivity contribution is 7.26. The molecule has 10 aromatic carbocycles. The topological polar surface area (TPSA) is 16.4 Å². The molecule has 0 spiro atoms. The highest BCUT2D eigenvalue weighted by Gasteiger charge is 2.19. The van der Waals surface area contributed by atoms with Crippen molar-refractivity contribution in [1.82, 2.24) is 0 Å². The first-order chi connectivity index (χ1) is 30.2. The van der Waals surface area contributed by atoms with Crippen LogP contribution in [-0.4, -0.2) is 0 Å². The summed E-state index contributed by atoms with van der Waals surface area (Å²) in [7, 11) is 0. The first-order valence-corrected chi connectivity index (χ1v) is 21.5. The summed E-state index contributed by atoms with van der Waals surface area (Å²) in [6, 6.07) is 81.2. The van der Waals surface area contributed by atoms with Crippen LogP contribution in [0.15, 0.2) is 229 Å². The molecule has 61 heavy (non-hydrogen) atoms. The molecule has 286 valence electrons. The molecule has 12 rings (SSSR count). The van der Waals surface area contributed by atoms with Crippen molar-refractivity contribution in [3.8, 4) is 44.5 Å². The summed E-state index contributed by atoms with van der Waals surface area (Å²) in [4.78, 5) is 2.40. The van der Waals surface area contributed by atoms with E-state index in [1.807, 2.05) is 23.5 Å². The number of hydrogen-bond acceptors (Lipinski definition) is 3. The van der Waals surface area contributed by atoms with Gasteiger partial charge in [-0.25, -0.2) is 0 Å². The van der Waals surface area contributed by atoms with Crippen molar-refractivity contribution in [2.45, 2.75) is 0 Å². The molecular formula is C58H37NOS. The van der Waals surface area contributed by atoms with Gasteiger partial charge in [-0.2, -0.15) is 0 Å². The van der Waals surface area contributed by atoms with Crippen LogP contribution in [0, 0.1) is 0 Å². The third-order valence-electron chi connectivity index (χ3n) is 12.1. The van der Waals surface area contributed by atoms with Crippen molar-refractivity contribution in [2.75, 3.05) is 4.90 Å². The molecule has 2 heterocycles.